The second kappa shape index (κ2) is 5.73. The van der Waals surface area contributed by atoms with E-state index in [1.54, 1.807) is 6.08 Å². The number of Topliss-reactive ketones (excluding diaryl/α,β-unsaturated/α-hetero) is 1. The van der Waals surface area contributed by atoms with Gasteiger partial charge in [0.05, 0.1) is 6.10 Å². The first-order valence-electron chi connectivity index (χ1n) is 10.2. The molecule has 0 aliphatic heterocycles. The first kappa shape index (κ1) is 19.3. The molecular formula is C22H31FO4. The number of halogens is 1. The molecule has 0 aromatic carbocycles. The first-order chi connectivity index (χ1) is 12.5. The van der Waals surface area contributed by atoms with Crippen molar-refractivity contribution in [3.8, 4) is 0 Å². The second-order valence-corrected chi connectivity index (χ2v) is 9.79. The maximum Gasteiger partial charge on any atom is 0.161 e. The van der Waals surface area contributed by atoms with Crippen LogP contribution in [0.25, 0.3) is 0 Å². The Balaban J connectivity index is 1.84. The fourth-order valence-corrected chi connectivity index (χ4v) is 7.37. The van der Waals surface area contributed by atoms with Crippen molar-refractivity contribution in [1.82, 2.24) is 0 Å². The van der Waals surface area contributed by atoms with E-state index >= 15 is 4.39 Å². The van der Waals surface area contributed by atoms with Crippen LogP contribution in [0.2, 0.25) is 0 Å². The van der Waals surface area contributed by atoms with Gasteiger partial charge in [0.25, 0.3) is 0 Å². The van der Waals surface area contributed by atoms with E-state index in [2.05, 4.69) is 0 Å². The Hall–Kier alpha value is -1.07. The predicted molar refractivity (Wildman–Crippen MR) is 98.9 cm³/mol. The lowest BCUT2D eigenvalue weighted by Crippen LogP contribution is -2.69. The third-order valence-corrected chi connectivity index (χ3v) is 9.04. The summed E-state index contributed by atoms with van der Waals surface area (Å²) in [4.78, 5) is 24.3. The Morgan fingerprint density at radius 3 is 2.56 bits per heavy atom. The number of fused-ring (bicyclic) bond motifs is 5. The lowest BCUT2D eigenvalue weighted by atomic mass is 9.44. The van der Waals surface area contributed by atoms with Crippen LogP contribution in [0.4, 0.5) is 4.39 Å². The molecule has 0 aromatic heterocycles. The van der Waals surface area contributed by atoms with Gasteiger partial charge in [0.1, 0.15) is 11.3 Å². The number of aliphatic hydroxyl groups is 1. The van der Waals surface area contributed by atoms with Crippen molar-refractivity contribution in [2.24, 2.45) is 22.7 Å². The predicted octanol–water partition coefficient (Wildman–Crippen LogP) is 3.56. The normalized spacial score (nSPS) is 51.9. The van der Waals surface area contributed by atoms with E-state index in [1.165, 1.54) is 14.0 Å². The van der Waals surface area contributed by atoms with Crippen LogP contribution < -0.4 is 0 Å². The second-order valence-electron chi connectivity index (χ2n) is 9.79. The van der Waals surface area contributed by atoms with E-state index in [1.807, 2.05) is 13.8 Å². The summed E-state index contributed by atoms with van der Waals surface area (Å²) < 4.78 is 22.9. The van der Waals surface area contributed by atoms with E-state index in [0.29, 0.717) is 44.9 Å². The van der Waals surface area contributed by atoms with Gasteiger partial charge in [-0.15, -0.1) is 0 Å². The van der Waals surface area contributed by atoms with Crippen molar-refractivity contribution in [3.05, 3.63) is 11.6 Å². The third-order valence-electron chi connectivity index (χ3n) is 9.04. The van der Waals surface area contributed by atoms with Crippen molar-refractivity contribution < 1.29 is 23.8 Å². The maximum atomic E-state index is 17.1. The van der Waals surface area contributed by atoms with Gasteiger partial charge in [-0.2, -0.15) is 0 Å². The topological polar surface area (TPSA) is 63.6 Å². The minimum Gasteiger partial charge on any atom is -0.382 e. The van der Waals surface area contributed by atoms with Crippen LogP contribution in [0.5, 0.6) is 0 Å². The van der Waals surface area contributed by atoms with Crippen LogP contribution in [0.15, 0.2) is 11.6 Å². The van der Waals surface area contributed by atoms with Gasteiger partial charge in [0.2, 0.25) is 0 Å². The number of rotatable bonds is 2. The van der Waals surface area contributed by atoms with Crippen LogP contribution in [-0.4, -0.2) is 41.2 Å². The Morgan fingerprint density at radius 1 is 1.22 bits per heavy atom. The van der Waals surface area contributed by atoms with Gasteiger partial charge in [-0.3, -0.25) is 9.59 Å². The fourth-order valence-electron chi connectivity index (χ4n) is 7.37. The number of ether oxygens (including phenoxy) is 1. The number of carbonyl (C=O) groups is 2. The molecule has 7 atom stereocenters. The zero-order chi connectivity index (χ0) is 19.8. The average molecular weight is 378 g/mol. The summed E-state index contributed by atoms with van der Waals surface area (Å²) in [5.74, 6) is -0.464. The van der Waals surface area contributed by atoms with E-state index < -0.39 is 28.2 Å². The van der Waals surface area contributed by atoms with Crippen LogP contribution in [0.3, 0.4) is 0 Å². The number of alkyl halides is 1. The van der Waals surface area contributed by atoms with Gasteiger partial charge in [0.15, 0.2) is 11.6 Å². The van der Waals surface area contributed by atoms with Crippen LogP contribution in [-0.2, 0) is 14.3 Å². The zero-order valence-corrected chi connectivity index (χ0v) is 16.8. The Kier molecular flexibility index (Phi) is 4.08. The fraction of sp³-hybridized carbons (Fsp3) is 0.818. The Bertz CT molecular complexity index is 732. The third kappa shape index (κ3) is 2.10. The lowest BCUT2D eigenvalue weighted by Gasteiger charge is -2.64. The molecule has 0 saturated heterocycles. The molecule has 0 amide bonds. The summed E-state index contributed by atoms with van der Waals surface area (Å²) in [6.07, 6.45) is 4.57. The molecule has 5 heteroatoms. The molecule has 27 heavy (non-hydrogen) atoms. The van der Waals surface area contributed by atoms with E-state index in [9.17, 15) is 14.7 Å². The highest BCUT2D eigenvalue weighted by Gasteiger charge is 2.74. The molecule has 150 valence electrons. The van der Waals surface area contributed by atoms with Crippen molar-refractivity contribution >= 4 is 11.6 Å². The lowest BCUT2D eigenvalue weighted by molar-refractivity contribution is -0.232. The summed E-state index contributed by atoms with van der Waals surface area (Å²) in [6.45, 7) is 5.36. The molecule has 3 fully saturated rings. The molecule has 0 aromatic rings. The summed E-state index contributed by atoms with van der Waals surface area (Å²) >= 11 is 0. The molecule has 0 radical (unpaired) electrons. The van der Waals surface area contributed by atoms with Gasteiger partial charge in [-0.1, -0.05) is 19.4 Å². The minimum atomic E-state index is -1.58. The molecule has 0 bridgehead atoms. The van der Waals surface area contributed by atoms with Crippen LogP contribution in [0.1, 0.15) is 65.7 Å². The van der Waals surface area contributed by atoms with Crippen molar-refractivity contribution in [3.63, 3.8) is 0 Å². The molecule has 7 unspecified atom stereocenters. The SMILES string of the molecule is COC1CC2(C)C(CCC2(O)C(C)=O)C2CCC3=CC(=O)CCC3(C)C12F. The number of allylic oxidation sites excluding steroid dienone is 1. The average Bonchev–Trinajstić information content (AvgIpc) is 2.88. The highest BCUT2D eigenvalue weighted by molar-refractivity contribution is 5.91. The summed E-state index contributed by atoms with van der Waals surface area (Å²) in [7, 11) is 1.53. The first-order valence-corrected chi connectivity index (χ1v) is 10.2. The van der Waals surface area contributed by atoms with Gasteiger partial charge < -0.3 is 9.84 Å². The van der Waals surface area contributed by atoms with Crippen molar-refractivity contribution in [1.29, 1.82) is 0 Å². The molecule has 4 aliphatic carbocycles. The molecule has 4 nitrogen and oxygen atoms in total. The molecule has 4 aliphatic rings. The monoisotopic (exact) mass is 378 g/mol. The van der Waals surface area contributed by atoms with Gasteiger partial charge in [-0.05, 0) is 57.4 Å². The Morgan fingerprint density at radius 2 is 1.93 bits per heavy atom. The molecule has 1 N–H and O–H groups in total. The van der Waals surface area contributed by atoms with Gasteiger partial charge in [0, 0.05) is 30.3 Å². The van der Waals surface area contributed by atoms with E-state index in [-0.39, 0.29) is 23.4 Å². The van der Waals surface area contributed by atoms with Gasteiger partial charge >= 0.3 is 0 Å². The van der Waals surface area contributed by atoms with E-state index in [4.69, 9.17) is 4.74 Å². The van der Waals surface area contributed by atoms with Crippen molar-refractivity contribution in [2.75, 3.05) is 7.11 Å². The number of methoxy groups -OCH3 is 1. The summed E-state index contributed by atoms with van der Waals surface area (Å²) in [5, 5.41) is 11.3. The minimum absolute atomic E-state index is 0.0567. The maximum absolute atomic E-state index is 17.1. The number of carbonyl (C=O) groups excluding carboxylic acids is 2. The van der Waals surface area contributed by atoms with E-state index in [0.717, 1.165) is 5.57 Å². The van der Waals surface area contributed by atoms with Crippen molar-refractivity contribution in [2.45, 2.75) is 83.1 Å². The zero-order valence-electron chi connectivity index (χ0n) is 16.8. The largest absolute Gasteiger partial charge is 0.382 e. The molecule has 4 rings (SSSR count). The highest BCUT2D eigenvalue weighted by Crippen LogP contribution is 2.70. The number of hydrogen-bond acceptors (Lipinski definition) is 4. The number of hydrogen-bond donors (Lipinski definition) is 1. The smallest absolute Gasteiger partial charge is 0.161 e. The highest BCUT2D eigenvalue weighted by atomic mass is 19.1. The Labute approximate surface area is 160 Å². The summed E-state index contributed by atoms with van der Waals surface area (Å²) in [6, 6.07) is 0. The summed E-state index contributed by atoms with van der Waals surface area (Å²) in [5.41, 5.74) is -3.47. The molecular weight excluding hydrogens is 347 g/mol. The molecule has 0 heterocycles. The van der Waals surface area contributed by atoms with Crippen LogP contribution in [0, 0.1) is 22.7 Å². The molecule has 0 spiro atoms. The van der Waals surface area contributed by atoms with Gasteiger partial charge in [-0.25, -0.2) is 4.39 Å². The van der Waals surface area contributed by atoms with Crippen LogP contribution >= 0.6 is 0 Å². The number of ketones is 2. The standard InChI is InChI=1S/C22H31FO4/c1-13(24)21(26)10-8-16-17-6-5-14-11-15(25)7-9-19(14,2)22(17,23)18(27-4)12-20(16,21)3/h11,16-18,26H,5-10,12H2,1-4H3. The molecule has 3 saturated carbocycles. The quantitative estimate of drug-likeness (QED) is 0.798.